The third kappa shape index (κ3) is 4.49. The molecule has 0 bridgehead atoms. The van der Waals surface area contributed by atoms with Crippen LogP contribution in [0.1, 0.15) is 33.6 Å². The van der Waals surface area contributed by atoms with E-state index in [-0.39, 0.29) is 5.60 Å². The van der Waals surface area contributed by atoms with Crippen molar-refractivity contribution in [2.75, 3.05) is 33.3 Å². The van der Waals surface area contributed by atoms with Gasteiger partial charge in [0.15, 0.2) is 0 Å². The van der Waals surface area contributed by atoms with Crippen molar-refractivity contribution in [3.8, 4) is 0 Å². The zero-order valence-electron chi connectivity index (χ0n) is 10.7. The number of likely N-dealkylation sites (tertiary alicyclic amines) is 1. The summed E-state index contributed by atoms with van der Waals surface area (Å²) in [6, 6.07) is 0.683. The second-order valence-corrected chi connectivity index (χ2v) is 5.05. The van der Waals surface area contributed by atoms with Crippen molar-refractivity contribution in [2.24, 2.45) is 0 Å². The van der Waals surface area contributed by atoms with Gasteiger partial charge >= 0.3 is 0 Å². The topological polar surface area (TPSA) is 24.5 Å². The van der Waals surface area contributed by atoms with Crippen LogP contribution in [0.15, 0.2) is 0 Å². The number of methoxy groups -OCH3 is 1. The van der Waals surface area contributed by atoms with Crippen LogP contribution in [-0.2, 0) is 4.74 Å². The Bertz CT molecular complexity index is 174. The molecule has 0 aromatic rings. The molecule has 0 amide bonds. The van der Waals surface area contributed by atoms with Gasteiger partial charge in [-0.3, -0.25) is 0 Å². The van der Waals surface area contributed by atoms with E-state index in [2.05, 4.69) is 31.0 Å². The van der Waals surface area contributed by atoms with Crippen molar-refractivity contribution in [2.45, 2.75) is 45.3 Å². The number of rotatable bonds is 5. The van der Waals surface area contributed by atoms with Gasteiger partial charge in [0, 0.05) is 19.7 Å². The number of hydrogen-bond donors (Lipinski definition) is 1. The summed E-state index contributed by atoms with van der Waals surface area (Å²) in [7, 11) is 1.78. The fourth-order valence-electron chi connectivity index (χ4n) is 1.92. The van der Waals surface area contributed by atoms with Gasteiger partial charge in [-0.1, -0.05) is 6.92 Å². The van der Waals surface area contributed by atoms with E-state index in [4.69, 9.17) is 4.74 Å². The second-order valence-electron chi connectivity index (χ2n) is 5.05. The highest BCUT2D eigenvalue weighted by Gasteiger charge is 2.21. The van der Waals surface area contributed by atoms with Gasteiger partial charge in [0.1, 0.15) is 0 Å². The SMILES string of the molecule is CCN1CCC(NCC(C)(C)OC)CC1. The molecule has 1 fully saturated rings. The van der Waals surface area contributed by atoms with Crippen molar-refractivity contribution < 1.29 is 4.74 Å². The molecule has 1 rings (SSSR count). The van der Waals surface area contributed by atoms with E-state index in [1.807, 2.05) is 0 Å². The van der Waals surface area contributed by atoms with Gasteiger partial charge in [-0.25, -0.2) is 0 Å². The zero-order valence-corrected chi connectivity index (χ0v) is 10.7. The van der Waals surface area contributed by atoms with Gasteiger partial charge in [0.25, 0.3) is 0 Å². The molecular weight excluding hydrogens is 188 g/mol. The largest absolute Gasteiger partial charge is 0.377 e. The standard InChI is InChI=1S/C12H26N2O/c1-5-14-8-6-11(7-9-14)13-10-12(2,3)15-4/h11,13H,5-10H2,1-4H3. The Morgan fingerprint density at radius 2 is 1.93 bits per heavy atom. The molecule has 3 nitrogen and oxygen atoms in total. The van der Waals surface area contributed by atoms with E-state index >= 15 is 0 Å². The van der Waals surface area contributed by atoms with Gasteiger partial charge in [0.2, 0.25) is 0 Å². The van der Waals surface area contributed by atoms with Gasteiger partial charge in [-0.05, 0) is 46.3 Å². The molecule has 0 spiro atoms. The molecule has 0 aromatic heterocycles. The molecule has 0 unspecified atom stereocenters. The van der Waals surface area contributed by atoms with Crippen molar-refractivity contribution >= 4 is 0 Å². The fraction of sp³-hybridized carbons (Fsp3) is 1.00. The van der Waals surface area contributed by atoms with Gasteiger partial charge in [-0.15, -0.1) is 0 Å². The predicted molar refractivity (Wildman–Crippen MR) is 64.2 cm³/mol. The lowest BCUT2D eigenvalue weighted by Gasteiger charge is -2.33. The summed E-state index contributed by atoms with van der Waals surface area (Å²) in [4.78, 5) is 2.51. The minimum absolute atomic E-state index is 0.0398. The first-order valence-corrected chi connectivity index (χ1v) is 6.08. The highest BCUT2D eigenvalue weighted by Crippen LogP contribution is 2.12. The Labute approximate surface area is 94.2 Å². The molecule has 0 aromatic carbocycles. The lowest BCUT2D eigenvalue weighted by Crippen LogP contribution is -2.47. The maximum atomic E-state index is 5.40. The van der Waals surface area contributed by atoms with E-state index in [1.54, 1.807) is 7.11 Å². The summed E-state index contributed by atoms with van der Waals surface area (Å²) in [5, 5.41) is 3.61. The lowest BCUT2D eigenvalue weighted by atomic mass is 10.0. The molecule has 1 aliphatic heterocycles. The molecule has 0 atom stereocenters. The van der Waals surface area contributed by atoms with Crippen LogP contribution in [0, 0.1) is 0 Å². The molecule has 1 N–H and O–H groups in total. The van der Waals surface area contributed by atoms with Crippen LogP contribution < -0.4 is 5.32 Å². The van der Waals surface area contributed by atoms with Crippen LogP contribution in [0.2, 0.25) is 0 Å². The predicted octanol–water partition coefficient (Wildman–Crippen LogP) is 1.49. The van der Waals surface area contributed by atoms with Crippen molar-refractivity contribution in [3.05, 3.63) is 0 Å². The number of nitrogens with zero attached hydrogens (tertiary/aromatic N) is 1. The summed E-state index contributed by atoms with van der Waals surface area (Å²) in [6.07, 6.45) is 2.54. The average Bonchev–Trinajstić information content (AvgIpc) is 2.27. The molecule has 1 saturated heterocycles. The highest BCUT2D eigenvalue weighted by molar-refractivity contribution is 4.80. The number of hydrogen-bond acceptors (Lipinski definition) is 3. The summed E-state index contributed by atoms with van der Waals surface area (Å²) in [6.45, 7) is 11.1. The molecular formula is C12H26N2O. The molecule has 1 aliphatic rings. The van der Waals surface area contributed by atoms with E-state index in [0.29, 0.717) is 6.04 Å². The van der Waals surface area contributed by atoms with E-state index in [0.717, 1.165) is 6.54 Å². The minimum atomic E-state index is -0.0398. The molecule has 15 heavy (non-hydrogen) atoms. The van der Waals surface area contributed by atoms with Gasteiger partial charge < -0.3 is 15.0 Å². The van der Waals surface area contributed by atoms with Crippen molar-refractivity contribution in [3.63, 3.8) is 0 Å². The molecule has 1 heterocycles. The van der Waals surface area contributed by atoms with Gasteiger partial charge in [0.05, 0.1) is 5.60 Å². The van der Waals surface area contributed by atoms with Crippen LogP contribution in [0.3, 0.4) is 0 Å². The smallest absolute Gasteiger partial charge is 0.0746 e. The second kappa shape index (κ2) is 5.83. The van der Waals surface area contributed by atoms with Crippen LogP contribution >= 0.6 is 0 Å². The Hall–Kier alpha value is -0.120. The third-order valence-corrected chi connectivity index (χ3v) is 3.40. The van der Waals surface area contributed by atoms with E-state index < -0.39 is 0 Å². The molecule has 90 valence electrons. The Morgan fingerprint density at radius 3 is 2.40 bits per heavy atom. The summed E-state index contributed by atoms with van der Waals surface area (Å²) in [5.41, 5.74) is -0.0398. The first-order chi connectivity index (χ1) is 7.07. The number of ether oxygens (including phenoxy) is 1. The van der Waals surface area contributed by atoms with Crippen molar-refractivity contribution in [1.82, 2.24) is 10.2 Å². The van der Waals surface area contributed by atoms with Crippen LogP contribution in [-0.4, -0.2) is 49.8 Å². The average molecular weight is 214 g/mol. The first kappa shape index (κ1) is 12.9. The monoisotopic (exact) mass is 214 g/mol. The molecule has 3 heteroatoms. The minimum Gasteiger partial charge on any atom is -0.377 e. The lowest BCUT2D eigenvalue weighted by molar-refractivity contribution is 0.0190. The van der Waals surface area contributed by atoms with E-state index in [9.17, 15) is 0 Å². The van der Waals surface area contributed by atoms with Crippen LogP contribution in [0.5, 0.6) is 0 Å². The molecule has 0 saturated carbocycles. The summed E-state index contributed by atoms with van der Waals surface area (Å²) < 4.78 is 5.40. The Balaban J connectivity index is 2.19. The zero-order chi connectivity index (χ0) is 11.3. The normalized spacial score (nSPS) is 20.8. The Kier molecular flexibility index (Phi) is 5.03. The quantitative estimate of drug-likeness (QED) is 0.750. The van der Waals surface area contributed by atoms with Gasteiger partial charge in [-0.2, -0.15) is 0 Å². The fourth-order valence-corrected chi connectivity index (χ4v) is 1.92. The summed E-state index contributed by atoms with van der Waals surface area (Å²) >= 11 is 0. The van der Waals surface area contributed by atoms with Crippen molar-refractivity contribution in [1.29, 1.82) is 0 Å². The highest BCUT2D eigenvalue weighted by atomic mass is 16.5. The molecule has 0 aliphatic carbocycles. The summed E-state index contributed by atoms with van der Waals surface area (Å²) in [5.74, 6) is 0. The Morgan fingerprint density at radius 1 is 1.33 bits per heavy atom. The maximum absolute atomic E-state index is 5.40. The van der Waals surface area contributed by atoms with Crippen LogP contribution in [0.25, 0.3) is 0 Å². The number of piperidine rings is 1. The van der Waals surface area contributed by atoms with Crippen LogP contribution in [0.4, 0.5) is 0 Å². The van der Waals surface area contributed by atoms with E-state index in [1.165, 1.54) is 32.5 Å². The maximum Gasteiger partial charge on any atom is 0.0746 e. The number of nitrogens with one attached hydrogen (secondary N) is 1. The third-order valence-electron chi connectivity index (χ3n) is 3.40. The first-order valence-electron chi connectivity index (χ1n) is 6.08. The molecule has 0 radical (unpaired) electrons.